The standard InChI is InChI=1S/C26H34F3N3O4S.C26H34F3N3O3S.C26H36FN3O4S/c1-19(2)35-25-6-4-3-5-24(25)32-17-15-31(16-18-32)21-9-7-20(8-10-21)30-37(33,34)23-13-11-22(12-14-23)36-26(27,28)29;1-19(2)35-25-9-4-3-8-24(25)32-16-14-31(15-17-32)22-12-10-21(11-13-22)30-36(33,34)23-7-5-6-20(18-23)26(27,28)29;1-19(2)34-24-7-5-4-6-23(24)30-16-14-29(15-17-30)22-11-9-21(10-12-22)28-35(31,32)26-18-20(27)8-13-25(26)33-3/h3-6,11-14,19-21,30H,7-10,15-18H2,1-2H3;3-9,18-19,21-22,30H,10-17H2,1-2H3;4-8,13,18-19,21-22,28H,9-12,14-17H2,1-3H3. The molecule has 6 aliphatic rings. The first-order valence-electron chi connectivity index (χ1n) is 37.5. The highest BCUT2D eigenvalue weighted by Crippen LogP contribution is 2.38. The highest BCUT2D eigenvalue weighted by atomic mass is 32.2. The van der Waals surface area contributed by atoms with Crippen LogP contribution < -0.4 is 52.6 Å². The number of nitrogens with zero attached hydrogens (tertiary/aromatic N) is 6. The number of benzene rings is 6. The zero-order valence-electron chi connectivity index (χ0n) is 62.5. The lowest BCUT2D eigenvalue weighted by molar-refractivity contribution is -0.274. The summed E-state index contributed by atoms with van der Waals surface area (Å²) in [7, 11) is -10.3. The second-order valence-corrected chi connectivity index (χ2v) is 34.3. The van der Waals surface area contributed by atoms with E-state index >= 15 is 0 Å². The first-order chi connectivity index (χ1) is 51.3. The van der Waals surface area contributed by atoms with Gasteiger partial charge in [0.05, 0.1) is 57.8 Å². The van der Waals surface area contributed by atoms with E-state index in [4.69, 9.17) is 18.9 Å². The van der Waals surface area contributed by atoms with E-state index in [1.54, 1.807) is 0 Å². The molecule has 0 amide bonds. The minimum atomic E-state index is -4.82. The first kappa shape index (κ1) is 83.3. The van der Waals surface area contributed by atoms with Gasteiger partial charge in [-0.05, 0) is 216 Å². The molecule has 3 saturated carbocycles. The average molecular weight is 1570 g/mol. The van der Waals surface area contributed by atoms with E-state index in [2.05, 4.69) is 72.6 Å². The number of alkyl halides is 6. The summed E-state index contributed by atoms with van der Waals surface area (Å²) >= 11 is 0. The highest BCUT2D eigenvalue weighted by molar-refractivity contribution is 7.90. The summed E-state index contributed by atoms with van der Waals surface area (Å²) in [6.45, 7) is 23.3. The molecule has 0 spiro atoms. The Balaban J connectivity index is 0.000000173. The molecule has 0 unspecified atom stereocenters. The van der Waals surface area contributed by atoms with Crippen molar-refractivity contribution in [1.29, 1.82) is 0 Å². The first-order valence-corrected chi connectivity index (χ1v) is 41.9. The van der Waals surface area contributed by atoms with Crippen LogP contribution in [0.15, 0.2) is 154 Å². The van der Waals surface area contributed by atoms with Crippen molar-refractivity contribution in [2.45, 2.75) is 200 Å². The van der Waals surface area contributed by atoms with Crippen molar-refractivity contribution < 1.29 is 79.7 Å². The van der Waals surface area contributed by atoms with Crippen molar-refractivity contribution in [2.75, 3.05) is 100 Å². The molecule has 0 aromatic heterocycles. The highest BCUT2D eigenvalue weighted by Gasteiger charge is 2.38. The predicted octanol–water partition coefficient (Wildman–Crippen LogP) is 13.7. The van der Waals surface area contributed by atoms with Crippen molar-refractivity contribution >= 4 is 47.1 Å². The maximum Gasteiger partial charge on any atom is 0.573 e. The molecule has 3 aliphatic carbocycles. The smallest absolute Gasteiger partial charge is 0.495 e. The van der Waals surface area contributed by atoms with Crippen LogP contribution in [0.1, 0.15) is 124 Å². The third-order valence-corrected chi connectivity index (χ3v) is 25.1. The molecule has 12 rings (SSSR count). The van der Waals surface area contributed by atoms with Crippen molar-refractivity contribution in [2.24, 2.45) is 0 Å². The van der Waals surface area contributed by atoms with Crippen molar-refractivity contribution in [3.63, 3.8) is 0 Å². The van der Waals surface area contributed by atoms with E-state index in [-0.39, 0.29) is 56.9 Å². The Labute approximate surface area is 632 Å². The second-order valence-electron chi connectivity index (χ2n) is 29.2. The Bertz CT molecular complexity index is 4200. The lowest BCUT2D eigenvalue weighted by atomic mass is 9.90. The second kappa shape index (κ2) is 37.2. The number of sulfonamides is 3. The molecular weight excluding hydrogens is 1470 g/mol. The summed E-state index contributed by atoms with van der Waals surface area (Å²) in [6.07, 6.45) is 0.535. The molecule has 3 N–H and O–H groups in total. The Morgan fingerprint density at radius 2 is 0.741 bits per heavy atom. The van der Waals surface area contributed by atoms with Gasteiger partial charge in [-0.15, -0.1) is 13.2 Å². The van der Waals surface area contributed by atoms with E-state index in [0.29, 0.717) is 49.9 Å². The van der Waals surface area contributed by atoms with Crippen molar-refractivity contribution in [3.05, 3.63) is 151 Å². The van der Waals surface area contributed by atoms with Gasteiger partial charge in [-0.1, -0.05) is 42.5 Å². The third kappa shape index (κ3) is 23.5. The molecule has 6 fully saturated rings. The lowest BCUT2D eigenvalue weighted by Gasteiger charge is -2.43. The topological polar surface area (TPSA) is 204 Å². The molecule has 3 saturated heterocycles. The van der Waals surface area contributed by atoms with Gasteiger partial charge in [0.25, 0.3) is 0 Å². The molecule has 30 heteroatoms. The summed E-state index contributed by atoms with van der Waals surface area (Å²) in [5.74, 6) is 1.82. The maximum atomic E-state index is 13.7. The van der Waals surface area contributed by atoms with Crippen LogP contribution in [-0.4, -0.2) is 187 Å². The van der Waals surface area contributed by atoms with Gasteiger partial charge in [-0.2, -0.15) is 13.2 Å². The number of halogens is 7. The average Bonchev–Trinajstić information content (AvgIpc) is 0.812. The summed E-state index contributed by atoms with van der Waals surface area (Å²) in [6, 6.07) is 36.7. The summed E-state index contributed by atoms with van der Waals surface area (Å²) < 4.78 is 201. The molecule has 3 heterocycles. The number of anilines is 3. The van der Waals surface area contributed by atoms with E-state index < -0.39 is 59.7 Å². The van der Waals surface area contributed by atoms with Crippen LogP contribution in [0.2, 0.25) is 0 Å². The molecule has 0 bridgehead atoms. The molecule has 594 valence electrons. The number of ether oxygens (including phenoxy) is 5. The van der Waals surface area contributed by atoms with Gasteiger partial charge in [0.2, 0.25) is 30.1 Å². The SMILES string of the molecule is CC(C)Oc1ccccc1N1CCN(C2CCC(NS(=O)(=O)c3ccc(OC(F)(F)F)cc3)CC2)CC1.CC(C)Oc1ccccc1N1CCN(C2CCC(NS(=O)(=O)c3cccc(C(F)(F)F)c3)CC2)CC1.COc1ccc(F)cc1S(=O)(=O)NC1CCC(N2CCN(c3ccccc3OC(C)C)CC2)CC1. The molecular formula is C78H104F7N9O11S3. The van der Waals surface area contributed by atoms with Crippen molar-refractivity contribution in [1.82, 2.24) is 28.9 Å². The van der Waals surface area contributed by atoms with Gasteiger partial charge in [-0.3, -0.25) is 14.7 Å². The van der Waals surface area contributed by atoms with Crippen molar-refractivity contribution in [3.8, 4) is 28.7 Å². The van der Waals surface area contributed by atoms with Crippen LogP contribution >= 0.6 is 0 Å². The van der Waals surface area contributed by atoms with Gasteiger partial charge >= 0.3 is 12.5 Å². The summed E-state index contributed by atoms with van der Waals surface area (Å²) in [4.78, 5) is 14.0. The number of hydrogen-bond acceptors (Lipinski definition) is 17. The Hall–Kier alpha value is -7.16. The fraction of sp³-hybridized carbons (Fsp3) is 0.538. The Morgan fingerprint density at radius 3 is 1.08 bits per heavy atom. The maximum absolute atomic E-state index is 13.7. The van der Waals surface area contributed by atoms with Crippen LogP contribution in [0, 0.1) is 5.82 Å². The molecule has 6 aromatic carbocycles. The van der Waals surface area contributed by atoms with Crippen LogP contribution in [0.3, 0.4) is 0 Å². The number of methoxy groups -OCH3 is 1. The number of nitrogens with one attached hydrogen (secondary N) is 3. The fourth-order valence-electron chi connectivity index (χ4n) is 15.3. The largest absolute Gasteiger partial charge is 0.573 e. The normalized spacial score (nSPS) is 21.9. The summed E-state index contributed by atoms with van der Waals surface area (Å²) in [5, 5.41) is 0. The number of para-hydroxylation sites is 6. The minimum absolute atomic E-state index is 0.0815. The molecule has 0 radical (unpaired) electrons. The van der Waals surface area contributed by atoms with E-state index in [1.807, 2.05) is 90.1 Å². The Morgan fingerprint density at radius 1 is 0.389 bits per heavy atom. The molecule has 6 aromatic rings. The zero-order valence-corrected chi connectivity index (χ0v) is 64.9. The lowest BCUT2D eigenvalue weighted by Crippen LogP contribution is -2.52. The molecule has 20 nitrogen and oxygen atoms in total. The van der Waals surface area contributed by atoms with Gasteiger partial charge in [0.15, 0.2) is 0 Å². The molecule has 0 atom stereocenters. The Kier molecular flexibility index (Phi) is 28.7. The van der Waals surface area contributed by atoms with Crippen LogP contribution in [0.5, 0.6) is 28.7 Å². The van der Waals surface area contributed by atoms with Crippen LogP contribution in [0.4, 0.5) is 47.8 Å². The number of piperazine rings is 3. The van der Waals surface area contributed by atoms with Crippen LogP contribution in [-0.2, 0) is 36.2 Å². The van der Waals surface area contributed by atoms with E-state index in [1.165, 1.54) is 25.3 Å². The predicted molar refractivity (Wildman–Crippen MR) is 405 cm³/mol. The van der Waals surface area contributed by atoms with Gasteiger partial charge in [0.1, 0.15) is 39.5 Å². The molecule has 108 heavy (non-hydrogen) atoms. The summed E-state index contributed by atoms with van der Waals surface area (Å²) in [5.41, 5.74) is 2.41. The number of hydrogen-bond donors (Lipinski definition) is 3. The monoisotopic (exact) mass is 1570 g/mol. The van der Waals surface area contributed by atoms with Crippen LogP contribution in [0.25, 0.3) is 0 Å². The van der Waals surface area contributed by atoms with Gasteiger partial charge in [-0.25, -0.2) is 43.8 Å². The molecule has 3 aliphatic heterocycles. The van der Waals surface area contributed by atoms with E-state index in [0.717, 1.165) is 207 Å². The minimum Gasteiger partial charge on any atom is -0.495 e. The zero-order chi connectivity index (χ0) is 77.6. The number of rotatable bonds is 23. The quantitative estimate of drug-likeness (QED) is 0.0510. The van der Waals surface area contributed by atoms with E-state index in [9.17, 15) is 56.0 Å². The fourth-order valence-corrected chi connectivity index (χ4v) is 19.4. The van der Waals surface area contributed by atoms with Gasteiger partial charge in [0, 0.05) is 115 Å². The third-order valence-electron chi connectivity index (χ3n) is 20.5. The van der Waals surface area contributed by atoms with Gasteiger partial charge < -0.3 is 38.4 Å².